The first-order valence-corrected chi connectivity index (χ1v) is 9.45. The number of nitrogens with one attached hydrogen (secondary N) is 1. The number of rotatable bonds is 2. The van der Waals surface area contributed by atoms with Crippen molar-refractivity contribution in [2.24, 2.45) is 23.2 Å². The van der Waals surface area contributed by atoms with Gasteiger partial charge in [-0.05, 0) is 75.5 Å². The molecule has 5 saturated carbocycles. The van der Waals surface area contributed by atoms with E-state index in [1.54, 1.807) is 0 Å². The molecule has 2 unspecified atom stereocenters. The highest BCUT2D eigenvalue weighted by Gasteiger charge is 2.49. The minimum Gasteiger partial charge on any atom is -0.376 e. The van der Waals surface area contributed by atoms with Gasteiger partial charge in [0.25, 0.3) is 0 Å². The summed E-state index contributed by atoms with van der Waals surface area (Å²) in [4.78, 5) is 1.28. The van der Waals surface area contributed by atoms with Crippen molar-refractivity contribution < 1.29 is 0 Å². The van der Waals surface area contributed by atoms with E-state index in [0.717, 1.165) is 17.8 Å². The second-order valence-electron chi connectivity index (χ2n) is 8.34. The van der Waals surface area contributed by atoms with Crippen LogP contribution in [0.2, 0.25) is 0 Å². The van der Waals surface area contributed by atoms with E-state index in [0.29, 0.717) is 11.5 Å². The van der Waals surface area contributed by atoms with E-state index in [1.165, 1.54) is 82.0 Å². The molecule has 1 nitrogen and oxygen atoms in total. The van der Waals surface area contributed by atoms with Crippen molar-refractivity contribution in [1.29, 1.82) is 0 Å². The second kappa shape index (κ2) is 5.26. The quantitative estimate of drug-likeness (QED) is 0.730. The van der Waals surface area contributed by atoms with E-state index in [9.17, 15) is 0 Å². The number of fused-ring (bicyclic) bond motifs is 1. The lowest BCUT2D eigenvalue weighted by atomic mass is 9.61. The Morgan fingerprint density at radius 2 is 1.50 bits per heavy atom. The molecule has 112 valence electrons. The highest BCUT2D eigenvalue weighted by atomic mass is 32.1. The van der Waals surface area contributed by atoms with Crippen LogP contribution in [0.5, 0.6) is 0 Å². The van der Waals surface area contributed by atoms with Crippen molar-refractivity contribution in [1.82, 2.24) is 5.32 Å². The summed E-state index contributed by atoms with van der Waals surface area (Å²) in [5, 5.41) is 3.83. The molecule has 1 N–H and O–H groups in total. The summed E-state index contributed by atoms with van der Waals surface area (Å²) in [6.45, 7) is 0. The van der Waals surface area contributed by atoms with Crippen LogP contribution in [-0.2, 0) is 0 Å². The molecule has 5 aliphatic rings. The Balaban J connectivity index is 1.49. The van der Waals surface area contributed by atoms with Crippen LogP contribution in [0.4, 0.5) is 0 Å². The van der Waals surface area contributed by atoms with E-state index in [4.69, 9.17) is 12.2 Å². The predicted octanol–water partition coefficient (Wildman–Crippen LogP) is 4.84. The number of hydrogen-bond acceptors (Lipinski definition) is 1. The molecule has 4 atom stereocenters. The first kappa shape index (κ1) is 13.5. The third-order valence-corrected chi connectivity index (χ3v) is 7.36. The summed E-state index contributed by atoms with van der Waals surface area (Å²) < 4.78 is 0. The van der Waals surface area contributed by atoms with Gasteiger partial charge in [-0.1, -0.05) is 31.5 Å². The molecule has 0 aliphatic heterocycles. The molecular formula is C18H29NS. The minimum atomic E-state index is 0.408. The van der Waals surface area contributed by atoms with Gasteiger partial charge in [-0.25, -0.2) is 0 Å². The molecule has 2 heteroatoms. The van der Waals surface area contributed by atoms with Crippen molar-refractivity contribution in [3.05, 3.63) is 0 Å². The minimum absolute atomic E-state index is 0.408. The molecule has 0 aromatic heterocycles. The first-order valence-electron chi connectivity index (χ1n) is 9.04. The Morgan fingerprint density at radius 3 is 2.20 bits per heavy atom. The lowest BCUT2D eigenvalue weighted by Gasteiger charge is -2.46. The highest BCUT2D eigenvalue weighted by Crippen LogP contribution is 2.57. The molecule has 0 radical (unpaired) electrons. The molecule has 5 fully saturated rings. The van der Waals surface area contributed by atoms with Crippen molar-refractivity contribution >= 4 is 17.2 Å². The lowest BCUT2D eigenvalue weighted by Crippen LogP contribution is -2.48. The summed E-state index contributed by atoms with van der Waals surface area (Å²) in [7, 11) is 0. The molecular weight excluding hydrogens is 262 g/mol. The van der Waals surface area contributed by atoms with E-state index in [1.807, 2.05) is 0 Å². The van der Waals surface area contributed by atoms with Gasteiger partial charge in [-0.2, -0.15) is 0 Å². The molecule has 4 bridgehead atoms. The maximum Gasteiger partial charge on any atom is 0.0818 e. The fourth-order valence-corrected chi connectivity index (χ4v) is 6.46. The van der Waals surface area contributed by atoms with Crippen LogP contribution >= 0.6 is 12.2 Å². The van der Waals surface area contributed by atoms with Crippen molar-refractivity contribution in [2.45, 2.75) is 83.1 Å². The van der Waals surface area contributed by atoms with Gasteiger partial charge >= 0.3 is 0 Å². The summed E-state index contributed by atoms with van der Waals surface area (Å²) >= 11 is 5.97. The summed E-state index contributed by atoms with van der Waals surface area (Å²) in [5.41, 5.74) is 0.408. The number of thiocarbonyl (C=S) groups is 1. The Kier molecular flexibility index (Phi) is 3.57. The molecule has 20 heavy (non-hydrogen) atoms. The fourth-order valence-electron chi connectivity index (χ4n) is 6.03. The smallest absolute Gasteiger partial charge is 0.0818 e. The number of hydrogen-bond donors (Lipinski definition) is 1. The average Bonchev–Trinajstić information content (AvgIpc) is 2.65. The zero-order chi connectivity index (χ0) is 13.6. The SMILES string of the molecule is S=C(NC1CCCCC1)C12CCC3C[C@H](C[C@H](C3)C1)C2. The first-order chi connectivity index (χ1) is 9.73. The van der Waals surface area contributed by atoms with Crippen LogP contribution < -0.4 is 5.32 Å². The van der Waals surface area contributed by atoms with Gasteiger partial charge in [0.05, 0.1) is 4.99 Å². The van der Waals surface area contributed by atoms with Crippen LogP contribution in [0.1, 0.15) is 77.0 Å². The fraction of sp³-hybridized carbons (Fsp3) is 0.944. The Bertz CT molecular complexity index is 371. The molecule has 0 spiro atoms. The zero-order valence-electron chi connectivity index (χ0n) is 12.7. The van der Waals surface area contributed by atoms with E-state index in [2.05, 4.69) is 5.32 Å². The van der Waals surface area contributed by atoms with Crippen molar-refractivity contribution in [3.63, 3.8) is 0 Å². The van der Waals surface area contributed by atoms with Crippen LogP contribution in [-0.4, -0.2) is 11.0 Å². The molecule has 0 aromatic rings. The van der Waals surface area contributed by atoms with Crippen molar-refractivity contribution in [3.8, 4) is 0 Å². The third-order valence-electron chi connectivity index (χ3n) is 6.81. The largest absolute Gasteiger partial charge is 0.376 e. The average molecular weight is 292 g/mol. The van der Waals surface area contributed by atoms with Gasteiger partial charge in [-0.3, -0.25) is 0 Å². The molecule has 0 aromatic carbocycles. The maximum absolute atomic E-state index is 5.97. The highest BCUT2D eigenvalue weighted by molar-refractivity contribution is 7.80. The van der Waals surface area contributed by atoms with Crippen LogP contribution in [0.25, 0.3) is 0 Å². The monoisotopic (exact) mass is 291 g/mol. The van der Waals surface area contributed by atoms with Gasteiger partial charge < -0.3 is 5.32 Å². The van der Waals surface area contributed by atoms with Crippen LogP contribution in [0, 0.1) is 23.2 Å². The van der Waals surface area contributed by atoms with Crippen LogP contribution in [0.15, 0.2) is 0 Å². The molecule has 5 rings (SSSR count). The predicted molar refractivity (Wildman–Crippen MR) is 87.8 cm³/mol. The molecule has 5 aliphatic carbocycles. The van der Waals surface area contributed by atoms with Gasteiger partial charge in [0.2, 0.25) is 0 Å². The molecule has 0 heterocycles. The summed E-state index contributed by atoms with van der Waals surface area (Å²) in [5.74, 6) is 3.04. The topological polar surface area (TPSA) is 12.0 Å². The van der Waals surface area contributed by atoms with E-state index in [-0.39, 0.29) is 0 Å². The van der Waals surface area contributed by atoms with Crippen LogP contribution in [0.3, 0.4) is 0 Å². The van der Waals surface area contributed by atoms with Gasteiger partial charge in [0.15, 0.2) is 0 Å². The second-order valence-corrected chi connectivity index (χ2v) is 8.75. The molecule has 0 saturated heterocycles. The van der Waals surface area contributed by atoms with Gasteiger partial charge in [0, 0.05) is 11.5 Å². The van der Waals surface area contributed by atoms with Gasteiger partial charge in [0.1, 0.15) is 0 Å². The summed E-state index contributed by atoms with van der Waals surface area (Å²) in [6.07, 6.45) is 17.2. The third kappa shape index (κ3) is 2.42. The Labute approximate surface area is 129 Å². The van der Waals surface area contributed by atoms with Gasteiger partial charge in [-0.15, -0.1) is 0 Å². The summed E-state index contributed by atoms with van der Waals surface area (Å²) in [6, 6.07) is 0.698. The van der Waals surface area contributed by atoms with E-state index < -0.39 is 0 Å². The normalized spacial score (nSPS) is 44.3. The van der Waals surface area contributed by atoms with Crippen molar-refractivity contribution in [2.75, 3.05) is 0 Å². The van der Waals surface area contributed by atoms with E-state index >= 15 is 0 Å². The standard InChI is InChI=1S/C18H29NS/c20-17(19-16-4-2-1-3-5-16)18-7-6-13-8-14(11-18)10-15(9-13)12-18/h13-16H,1-12H2,(H,19,20)/t13?,14-,15+,18?. The maximum atomic E-state index is 5.97. The Hall–Kier alpha value is -0.110. The lowest BCUT2D eigenvalue weighted by molar-refractivity contribution is 0.107. The molecule has 0 amide bonds. The zero-order valence-corrected chi connectivity index (χ0v) is 13.5. The Morgan fingerprint density at radius 1 is 0.850 bits per heavy atom.